The van der Waals surface area contributed by atoms with Crippen LogP contribution in [0.15, 0.2) is 60.2 Å². The minimum absolute atomic E-state index is 0. The minimum atomic E-state index is -0.307. The Bertz CT molecular complexity index is 5710. The molecular weight excluding hydrogens is 1890 g/mol. The third kappa shape index (κ3) is 22.7. The Morgan fingerprint density at radius 2 is 0.667 bits per heavy atom. The number of nitrogen functional groups attached to an aromatic ring is 7. The van der Waals surface area contributed by atoms with Crippen LogP contribution in [0.4, 0.5) is 41.1 Å². The summed E-state index contributed by atoms with van der Waals surface area (Å²) in [5.41, 5.74) is 47.5. The van der Waals surface area contributed by atoms with Gasteiger partial charge in [0, 0.05) is 193 Å². The summed E-state index contributed by atoms with van der Waals surface area (Å²) in [5, 5.41) is 0.697. The van der Waals surface area contributed by atoms with Gasteiger partial charge in [-0.3, -0.25) is 55.1 Å². The summed E-state index contributed by atoms with van der Waals surface area (Å²) >= 11 is 15.7. The molecule has 0 saturated carbocycles. The summed E-state index contributed by atoms with van der Waals surface area (Å²) in [4.78, 5) is 118. The number of aromatic amines is 3. The Kier molecular flexibility index (Phi) is 35.3. The molecule has 0 aliphatic rings. The van der Waals surface area contributed by atoms with Gasteiger partial charge in [0.25, 0.3) is 11.1 Å². The second-order valence-corrected chi connectivity index (χ2v) is 22.6. The van der Waals surface area contributed by atoms with Crippen LogP contribution in [0.25, 0.3) is 89.3 Å². The van der Waals surface area contributed by atoms with E-state index in [1.807, 2.05) is 117 Å². The Morgan fingerprint density at radius 3 is 1.06 bits per heavy atom. The number of imidazole rings is 8. The van der Waals surface area contributed by atoms with Gasteiger partial charge in [-0.15, -0.1) is 0 Å². The second-order valence-electron chi connectivity index (χ2n) is 19.9. The summed E-state index contributed by atoms with van der Waals surface area (Å²) in [6.45, 7) is 18.2. The van der Waals surface area contributed by atoms with Gasteiger partial charge in [0.15, 0.2) is 97.5 Å². The molecule has 551 valence electrons. The van der Waals surface area contributed by atoms with Crippen molar-refractivity contribution in [2.45, 2.75) is 27.7 Å². The summed E-state index contributed by atoms with van der Waals surface area (Å²) in [7, 11) is 12.7. The molecule has 0 spiro atoms. The van der Waals surface area contributed by atoms with Crippen molar-refractivity contribution in [3.63, 3.8) is 0 Å². The van der Waals surface area contributed by atoms with Crippen molar-refractivity contribution >= 4 is 199 Å². The molecule has 0 fully saturated rings. The van der Waals surface area contributed by atoms with Crippen LogP contribution in [-0.4, -0.2) is 157 Å². The van der Waals surface area contributed by atoms with Crippen molar-refractivity contribution in [2.24, 2.45) is 49.3 Å². The summed E-state index contributed by atoms with van der Waals surface area (Å²) in [6, 6.07) is 0. The van der Waals surface area contributed by atoms with E-state index in [1.165, 1.54) is 19.0 Å². The number of nitrogens with one attached hydrogen (secondary N) is 3. The molecule has 48 heteroatoms. The van der Waals surface area contributed by atoms with Crippen LogP contribution < -0.4 is 51.3 Å². The monoisotopic (exact) mass is 1950 g/mol. The van der Waals surface area contributed by atoms with Crippen molar-refractivity contribution in [3.8, 4) is 35.5 Å². The molecule has 41 nitrogen and oxygen atoms in total. The maximum atomic E-state index is 11.2. The van der Waals surface area contributed by atoms with E-state index in [0.29, 0.717) is 132 Å². The molecule has 0 saturated heterocycles. The van der Waals surface area contributed by atoms with Gasteiger partial charge < -0.3 is 77.1 Å². The number of rotatable bonds is 0. The summed E-state index contributed by atoms with van der Waals surface area (Å²) in [5.74, 6) is 18.2. The topological polar surface area (TPSA) is 582 Å². The SMILES string of the molecule is CC.CC.Cn1cnc2c(=O)[nH]c(N)nc21.Cn1cnc2c(=O)[nH]c(N)nc21.Cn1cnc2c(Cl)nc(I)nc21.Cn1cnc2c(Cl)nc(N)nc21.Cn1cnc2c(N)nc(I)nc21.[CH2-]C#Cc1nc(N)c2[nH]cnc2n1.[CH2-]C#Cc1nc(N)c2ncn(C)c2n1.[CH2-]C#Cc1nc(N)c2ncn(C)c2n1.[Y].[Y].[Y]. The Morgan fingerprint density at radius 1 is 0.370 bits per heavy atom. The van der Waals surface area contributed by atoms with E-state index < -0.39 is 0 Å². The third-order valence-corrected chi connectivity index (χ3v) is 14.3. The van der Waals surface area contributed by atoms with Crippen LogP contribution in [0.2, 0.25) is 10.3 Å². The van der Waals surface area contributed by atoms with E-state index in [2.05, 4.69) is 181 Å². The van der Waals surface area contributed by atoms with E-state index >= 15 is 0 Å². The molecule has 16 aromatic rings. The number of fused-ring (bicyclic) bond motifs is 8. The molecule has 17 N–H and O–H groups in total. The molecule has 0 bridgehead atoms. The third-order valence-electron chi connectivity index (χ3n) is 12.8. The number of nitrogens with two attached hydrogens (primary N) is 7. The first-order chi connectivity index (χ1) is 50.2. The molecule has 0 atom stereocenters. The fraction of sp³-hybridized carbons (Fsp3) is 0.183. The largest absolute Gasteiger partial charge is 0.382 e. The van der Waals surface area contributed by atoms with Gasteiger partial charge in [-0.25, -0.2) is 89.7 Å². The van der Waals surface area contributed by atoms with E-state index in [1.54, 1.807) is 68.6 Å². The number of aromatic nitrogens is 32. The zero-order valence-corrected chi connectivity index (χ0v) is 73.7. The number of anilines is 7. The van der Waals surface area contributed by atoms with Gasteiger partial charge in [0.2, 0.25) is 17.8 Å². The zero-order chi connectivity index (χ0) is 77.1. The van der Waals surface area contributed by atoms with E-state index in [0.717, 1.165) is 11.3 Å². The van der Waals surface area contributed by atoms with Crippen molar-refractivity contribution in [1.82, 2.24) is 157 Å². The fourth-order valence-corrected chi connectivity index (χ4v) is 9.86. The molecule has 0 amide bonds. The van der Waals surface area contributed by atoms with Gasteiger partial charge in [-0.1, -0.05) is 50.9 Å². The maximum absolute atomic E-state index is 11.2. The predicted octanol–water partition coefficient (Wildman–Crippen LogP) is 3.68. The normalized spacial score (nSPS) is 9.81. The second kappa shape index (κ2) is 42.1. The quantitative estimate of drug-likeness (QED) is 0.0340. The molecule has 3 radical (unpaired) electrons. The molecule has 0 aliphatic heterocycles. The van der Waals surface area contributed by atoms with Crippen LogP contribution in [0.1, 0.15) is 45.2 Å². The molecule has 0 aliphatic carbocycles. The first-order valence-corrected chi connectivity index (χ1v) is 32.8. The maximum Gasteiger partial charge on any atom is 0.280 e. The molecule has 0 aromatic carbocycles. The summed E-state index contributed by atoms with van der Waals surface area (Å²) < 4.78 is 13.4. The molecule has 16 rings (SSSR count). The Hall–Kier alpha value is -9.76. The average molecular weight is 1950 g/mol. The zero-order valence-electron chi connectivity index (χ0n) is 59.3. The van der Waals surface area contributed by atoms with Gasteiger partial charge in [-0.05, 0) is 0 Å². The van der Waals surface area contributed by atoms with Crippen molar-refractivity contribution in [3.05, 3.63) is 128 Å². The smallest absolute Gasteiger partial charge is 0.280 e. The Labute approximate surface area is 725 Å². The standard InChI is InChI=1S/2C9H8N5.C8H6N5.C6H4ClIN4.C6H6ClN5.C6H6IN5.2C6H7N5O.2C2H6.3Y/c2*1-3-4-6-12-8(10)7-9(13-6)14(2)5-11-7;1-2-3-5-12-7(9)6-8(13-5)11-4-10-6;2*1-12-2-9-3-4(7)10-6(8)11-5(3)12;1-12-2-9-3-4(8)10-6(7)11-5(3)12;2*1-11-2-8-3-4(11)9-6(7)10-5(3)12;2*1-2;;;/h2*5H,1H2,2H3,(H2,10,12,13);4H,1H2,(H3,9,10,11,12,13);2H,1H3;2*2H,1H3,(H2,8,10,11);2*2H,1H3,(H3,7,9,10,12);2*1-2H3;;;/q3*-1;;;;;;;;;;. The molecule has 16 aromatic heterocycles. The number of nitrogens with zero attached hydrogens (tertiary/aromatic N) is 29. The molecule has 108 heavy (non-hydrogen) atoms. The van der Waals surface area contributed by atoms with Crippen molar-refractivity contribution < 1.29 is 98.1 Å². The number of H-pyrrole nitrogens is 3. The fourth-order valence-electron chi connectivity index (χ4n) is 8.32. The number of hydrogen-bond donors (Lipinski definition) is 10. The van der Waals surface area contributed by atoms with Crippen molar-refractivity contribution in [2.75, 3.05) is 40.1 Å². The molecule has 16 heterocycles. The molecular formula is C60H64Cl2I2N39O2Y3-3. The summed E-state index contributed by atoms with van der Waals surface area (Å²) in [6.07, 6.45) is 12.8. The van der Waals surface area contributed by atoms with E-state index in [-0.39, 0.29) is 132 Å². The average Bonchev–Trinajstić information content (AvgIpc) is 1.70. The van der Waals surface area contributed by atoms with Crippen LogP contribution in [0, 0.1) is 64.0 Å². The minimum Gasteiger partial charge on any atom is -0.382 e. The van der Waals surface area contributed by atoms with Crippen LogP contribution in [-0.2, 0) is 147 Å². The Balaban J connectivity index is 0.000000258. The van der Waals surface area contributed by atoms with E-state index in [4.69, 9.17) is 63.3 Å². The van der Waals surface area contributed by atoms with Gasteiger partial charge in [-0.2, -0.15) is 40.7 Å². The van der Waals surface area contributed by atoms with E-state index in [9.17, 15) is 9.59 Å². The van der Waals surface area contributed by atoms with Gasteiger partial charge in [0.1, 0.15) is 50.6 Å². The van der Waals surface area contributed by atoms with Crippen LogP contribution >= 0.6 is 68.4 Å². The van der Waals surface area contributed by atoms with Gasteiger partial charge in [0.05, 0.1) is 50.6 Å². The predicted molar refractivity (Wildman–Crippen MR) is 417 cm³/mol. The first kappa shape index (κ1) is 90.6. The van der Waals surface area contributed by atoms with Crippen LogP contribution in [0.3, 0.4) is 0 Å². The van der Waals surface area contributed by atoms with Crippen molar-refractivity contribution in [1.29, 1.82) is 0 Å². The first-order valence-electron chi connectivity index (χ1n) is 29.9. The number of aryl methyl sites for hydroxylation is 7. The molecule has 0 unspecified atom stereocenters. The van der Waals surface area contributed by atoms with Gasteiger partial charge >= 0.3 is 0 Å². The number of hydrogen-bond acceptors (Lipinski definition) is 31. The van der Waals surface area contributed by atoms with Crippen LogP contribution in [0.5, 0.6) is 0 Å². The number of halogens is 4.